The van der Waals surface area contributed by atoms with Gasteiger partial charge in [0.1, 0.15) is 6.54 Å². The van der Waals surface area contributed by atoms with Gasteiger partial charge in [-0.1, -0.05) is 59.8 Å². The lowest BCUT2D eigenvalue weighted by atomic mass is 10.1. The molecule has 1 fully saturated rings. The Morgan fingerprint density at radius 3 is 2.44 bits per heavy atom. The van der Waals surface area contributed by atoms with E-state index in [1.54, 1.807) is 12.1 Å². The van der Waals surface area contributed by atoms with E-state index in [2.05, 4.69) is 5.32 Å². The Hall–Kier alpha value is -2.60. The number of hydrogen-bond acceptors (Lipinski definition) is 4. The summed E-state index contributed by atoms with van der Waals surface area (Å²) in [6.45, 7) is 1.70. The molecule has 0 spiro atoms. The lowest BCUT2D eigenvalue weighted by Gasteiger charge is -2.14. The standard InChI is InChI=1S/C19H18N2O3S/c1-13-7-9-15(10-8-13)20-17(22)12-21-18(23)16(25-19(21)24)11-14-5-3-2-4-6-14/h2-10,16H,11-12H2,1H3,(H,20,22)/t16-/m0/s1. The van der Waals surface area contributed by atoms with Crippen molar-refractivity contribution in [3.63, 3.8) is 0 Å². The summed E-state index contributed by atoms with van der Waals surface area (Å²) in [5.41, 5.74) is 2.72. The fourth-order valence-corrected chi connectivity index (χ4v) is 3.61. The molecular formula is C19H18N2O3S. The number of thioether (sulfide) groups is 1. The highest BCUT2D eigenvalue weighted by Crippen LogP contribution is 2.29. The maximum atomic E-state index is 12.5. The SMILES string of the molecule is Cc1ccc(NC(=O)CN2C(=O)S[C@@H](Cc3ccccc3)C2=O)cc1. The molecule has 1 atom stereocenters. The van der Waals surface area contributed by atoms with Crippen molar-refractivity contribution in [2.45, 2.75) is 18.6 Å². The van der Waals surface area contributed by atoms with E-state index in [9.17, 15) is 14.4 Å². The van der Waals surface area contributed by atoms with Gasteiger partial charge in [-0.25, -0.2) is 0 Å². The van der Waals surface area contributed by atoms with Crippen molar-refractivity contribution in [1.29, 1.82) is 0 Å². The molecule has 0 radical (unpaired) electrons. The molecule has 6 heteroatoms. The molecule has 3 amide bonds. The van der Waals surface area contributed by atoms with Gasteiger partial charge in [-0.3, -0.25) is 19.3 Å². The maximum Gasteiger partial charge on any atom is 0.289 e. The summed E-state index contributed by atoms with van der Waals surface area (Å²) in [7, 11) is 0. The number of carbonyl (C=O) groups excluding carboxylic acids is 3. The average molecular weight is 354 g/mol. The molecule has 128 valence electrons. The molecule has 1 N–H and O–H groups in total. The smallest absolute Gasteiger partial charge is 0.289 e. The number of amides is 3. The molecule has 2 aromatic carbocycles. The first-order valence-corrected chi connectivity index (χ1v) is 8.83. The first-order chi connectivity index (χ1) is 12.0. The van der Waals surface area contributed by atoms with Gasteiger partial charge in [-0.15, -0.1) is 0 Å². The predicted molar refractivity (Wildman–Crippen MR) is 98.4 cm³/mol. The molecule has 0 aromatic heterocycles. The number of nitrogens with zero attached hydrogens (tertiary/aromatic N) is 1. The number of aryl methyl sites for hydroxylation is 1. The van der Waals surface area contributed by atoms with Crippen LogP contribution in [0.2, 0.25) is 0 Å². The van der Waals surface area contributed by atoms with Gasteiger partial charge in [0, 0.05) is 5.69 Å². The average Bonchev–Trinajstić information content (AvgIpc) is 2.85. The zero-order chi connectivity index (χ0) is 17.8. The van der Waals surface area contributed by atoms with E-state index in [1.807, 2.05) is 49.4 Å². The minimum absolute atomic E-state index is 0.260. The van der Waals surface area contributed by atoms with E-state index >= 15 is 0 Å². The van der Waals surface area contributed by atoms with Crippen molar-refractivity contribution in [2.75, 3.05) is 11.9 Å². The summed E-state index contributed by atoms with van der Waals surface area (Å²) in [6.07, 6.45) is 0.478. The molecule has 1 aliphatic rings. The predicted octanol–water partition coefficient (Wildman–Crippen LogP) is 3.24. The van der Waals surface area contributed by atoms with Crippen LogP contribution in [0.4, 0.5) is 10.5 Å². The van der Waals surface area contributed by atoms with Crippen LogP contribution in [0, 0.1) is 6.92 Å². The Morgan fingerprint density at radius 1 is 1.08 bits per heavy atom. The van der Waals surface area contributed by atoms with Gasteiger partial charge < -0.3 is 5.32 Å². The summed E-state index contributed by atoms with van der Waals surface area (Å²) >= 11 is 0.984. The van der Waals surface area contributed by atoms with Gasteiger partial charge in [-0.05, 0) is 31.0 Å². The number of anilines is 1. The monoisotopic (exact) mass is 354 g/mol. The second-order valence-corrected chi connectivity index (χ2v) is 7.05. The normalized spacial score (nSPS) is 17.0. The van der Waals surface area contributed by atoms with E-state index in [4.69, 9.17) is 0 Å². The van der Waals surface area contributed by atoms with Gasteiger partial charge >= 0.3 is 0 Å². The van der Waals surface area contributed by atoms with Crippen molar-refractivity contribution in [3.8, 4) is 0 Å². The quantitative estimate of drug-likeness (QED) is 0.895. The Bertz CT molecular complexity index is 790. The fourth-order valence-electron chi connectivity index (χ4n) is 2.58. The molecule has 3 rings (SSSR count). The van der Waals surface area contributed by atoms with Crippen molar-refractivity contribution in [1.82, 2.24) is 4.90 Å². The van der Waals surface area contributed by atoms with Gasteiger partial charge in [0.25, 0.3) is 5.24 Å². The van der Waals surface area contributed by atoms with Crippen LogP contribution < -0.4 is 5.32 Å². The van der Waals surface area contributed by atoms with Gasteiger partial charge in [-0.2, -0.15) is 0 Å². The van der Waals surface area contributed by atoms with Crippen LogP contribution in [0.25, 0.3) is 0 Å². The number of benzene rings is 2. The zero-order valence-electron chi connectivity index (χ0n) is 13.8. The molecule has 2 aromatic rings. The maximum absolute atomic E-state index is 12.5. The molecule has 1 saturated heterocycles. The summed E-state index contributed by atoms with van der Waals surface area (Å²) in [6, 6.07) is 16.9. The van der Waals surface area contributed by atoms with Gasteiger partial charge in [0.15, 0.2) is 0 Å². The fraction of sp³-hybridized carbons (Fsp3) is 0.211. The number of hydrogen-bond donors (Lipinski definition) is 1. The van der Waals surface area contributed by atoms with Crippen LogP contribution in [-0.2, 0) is 16.0 Å². The molecule has 0 bridgehead atoms. The van der Waals surface area contributed by atoms with Crippen LogP contribution in [0.5, 0.6) is 0 Å². The second kappa shape index (κ2) is 7.53. The third-order valence-corrected chi connectivity index (χ3v) is 4.98. The zero-order valence-corrected chi connectivity index (χ0v) is 14.6. The second-order valence-electron chi connectivity index (χ2n) is 5.90. The van der Waals surface area contributed by atoms with Crippen LogP contribution in [0.3, 0.4) is 0 Å². The number of rotatable bonds is 5. The molecule has 5 nitrogen and oxygen atoms in total. The number of carbonyl (C=O) groups is 3. The largest absolute Gasteiger partial charge is 0.325 e. The highest BCUT2D eigenvalue weighted by molar-refractivity contribution is 8.15. The molecule has 25 heavy (non-hydrogen) atoms. The van der Waals surface area contributed by atoms with E-state index in [-0.39, 0.29) is 23.6 Å². The lowest BCUT2D eigenvalue weighted by molar-refractivity contribution is -0.130. The first-order valence-electron chi connectivity index (χ1n) is 7.95. The highest BCUT2D eigenvalue weighted by Gasteiger charge is 2.40. The summed E-state index contributed by atoms with van der Waals surface area (Å²) in [4.78, 5) is 37.7. The number of nitrogens with one attached hydrogen (secondary N) is 1. The third-order valence-electron chi connectivity index (χ3n) is 3.91. The third kappa shape index (κ3) is 4.28. The topological polar surface area (TPSA) is 66.5 Å². The molecule has 0 unspecified atom stereocenters. The van der Waals surface area contributed by atoms with Crippen LogP contribution >= 0.6 is 11.8 Å². The Kier molecular flexibility index (Phi) is 5.19. The first kappa shape index (κ1) is 17.2. The summed E-state index contributed by atoms with van der Waals surface area (Å²) in [5, 5.41) is 1.87. The molecular weight excluding hydrogens is 336 g/mol. The number of imide groups is 1. The van der Waals surface area contributed by atoms with Gasteiger partial charge in [0.05, 0.1) is 5.25 Å². The summed E-state index contributed by atoms with van der Waals surface area (Å²) in [5.74, 6) is -0.690. The van der Waals surface area contributed by atoms with E-state index in [0.717, 1.165) is 27.8 Å². The van der Waals surface area contributed by atoms with Crippen LogP contribution in [0.1, 0.15) is 11.1 Å². The van der Waals surface area contributed by atoms with E-state index in [1.165, 1.54) is 0 Å². The molecule has 1 heterocycles. The lowest BCUT2D eigenvalue weighted by Crippen LogP contribution is -2.38. The van der Waals surface area contributed by atoms with Crippen molar-refractivity contribution in [2.24, 2.45) is 0 Å². The minimum atomic E-state index is -0.470. The molecule has 0 saturated carbocycles. The van der Waals surface area contributed by atoms with Crippen molar-refractivity contribution in [3.05, 3.63) is 65.7 Å². The Labute approximate surface area is 150 Å². The Balaban J connectivity index is 1.60. The van der Waals surface area contributed by atoms with Gasteiger partial charge in [0.2, 0.25) is 11.8 Å². The van der Waals surface area contributed by atoms with E-state index in [0.29, 0.717) is 12.1 Å². The minimum Gasteiger partial charge on any atom is -0.325 e. The van der Waals surface area contributed by atoms with Crippen molar-refractivity contribution < 1.29 is 14.4 Å². The summed E-state index contributed by atoms with van der Waals surface area (Å²) < 4.78 is 0. The van der Waals surface area contributed by atoms with Crippen molar-refractivity contribution >= 4 is 34.5 Å². The van der Waals surface area contributed by atoms with E-state index < -0.39 is 5.25 Å². The molecule has 0 aliphatic carbocycles. The van der Waals surface area contributed by atoms with Crippen LogP contribution in [0.15, 0.2) is 54.6 Å². The molecule has 1 aliphatic heterocycles. The Morgan fingerprint density at radius 2 is 1.76 bits per heavy atom. The van der Waals surface area contributed by atoms with Crippen LogP contribution in [-0.4, -0.2) is 33.7 Å². The highest BCUT2D eigenvalue weighted by atomic mass is 32.2.